The molecule has 0 fully saturated rings. The number of rotatable bonds is 2. The van der Waals surface area contributed by atoms with Crippen molar-refractivity contribution in [2.45, 2.75) is 26.7 Å². The van der Waals surface area contributed by atoms with E-state index in [-0.39, 0.29) is 0 Å². The van der Waals surface area contributed by atoms with E-state index in [0.717, 1.165) is 12.8 Å². The smallest absolute Gasteiger partial charge is 0.0645 e. The summed E-state index contributed by atoms with van der Waals surface area (Å²) in [6.45, 7) is 4.27. The van der Waals surface area contributed by atoms with Crippen LogP contribution in [0.25, 0.3) is 0 Å². The van der Waals surface area contributed by atoms with E-state index in [4.69, 9.17) is 0 Å². The largest absolute Gasteiger partial charge is 0.0926 e. The summed E-state index contributed by atoms with van der Waals surface area (Å²) in [7, 11) is 3.44. The van der Waals surface area contributed by atoms with Crippen LogP contribution in [0.4, 0.5) is 0 Å². The first-order chi connectivity index (χ1) is 3.31. The monoisotopic (exact) mass is 111 g/mol. The molecule has 0 aromatic heterocycles. The van der Waals surface area contributed by atoms with Gasteiger partial charge in [-0.1, -0.05) is 25.1 Å². The third-order valence-electron chi connectivity index (χ3n) is 0.831. The number of hydrogen-bond acceptors (Lipinski definition) is 0. The Morgan fingerprint density at radius 1 is 1.57 bits per heavy atom. The van der Waals surface area contributed by atoms with Gasteiger partial charge in [-0.2, -0.15) is 0 Å². The summed E-state index contributed by atoms with van der Waals surface area (Å²) in [5.74, 6) is 0. The molecule has 7 heavy (non-hydrogen) atoms. The maximum atomic E-state index is 3.44. The van der Waals surface area contributed by atoms with Gasteiger partial charge in [0.15, 0.2) is 0 Å². The Labute approximate surface area is 49.0 Å². The van der Waals surface area contributed by atoms with Gasteiger partial charge in [0, 0.05) is 0 Å². The third kappa shape index (κ3) is 3.80. The zero-order valence-corrected chi connectivity index (χ0v) is 5.99. The van der Waals surface area contributed by atoms with Crippen molar-refractivity contribution in [3.05, 3.63) is 11.3 Å². The van der Waals surface area contributed by atoms with E-state index in [1.54, 1.807) is 0 Å². The molecular formula is C6H11Si. The van der Waals surface area contributed by atoms with Gasteiger partial charge >= 0.3 is 0 Å². The van der Waals surface area contributed by atoms with Gasteiger partial charge in [-0.15, -0.1) is 0 Å². The van der Waals surface area contributed by atoms with E-state index < -0.39 is 0 Å². The molecule has 0 aliphatic rings. The van der Waals surface area contributed by atoms with Crippen LogP contribution in [0.1, 0.15) is 26.7 Å². The fourth-order valence-electron chi connectivity index (χ4n) is 0.391. The standard InChI is InChI=1S/C6H11Si/c1-3-5-6(7)4-2/h5H,3-4H2,1-2H3/b6-5-. The molecule has 0 aliphatic heterocycles. The zero-order valence-electron chi connectivity index (χ0n) is 4.99. The number of hydrogen-bond donors (Lipinski definition) is 0. The molecule has 0 aromatic carbocycles. The van der Waals surface area contributed by atoms with E-state index in [2.05, 4.69) is 30.2 Å². The highest BCUT2D eigenvalue weighted by Crippen LogP contribution is 1.93. The molecule has 0 spiro atoms. The fraction of sp³-hybridized carbons (Fsp3) is 0.667. The molecule has 0 aliphatic carbocycles. The van der Waals surface area contributed by atoms with Gasteiger partial charge in [0.1, 0.15) is 0 Å². The summed E-state index contributed by atoms with van der Waals surface area (Å²) in [6, 6.07) is 0. The molecule has 0 heterocycles. The van der Waals surface area contributed by atoms with Crippen LogP contribution in [-0.2, 0) is 0 Å². The molecular weight excluding hydrogens is 100 g/mol. The minimum absolute atomic E-state index is 1.12. The van der Waals surface area contributed by atoms with Crippen LogP contribution in [0.2, 0.25) is 0 Å². The lowest BCUT2D eigenvalue weighted by molar-refractivity contribution is 1.13. The summed E-state index contributed by atoms with van der Waals surface area (Å²) in [5, 5.41) is 1.31. The second-order valence-electron chi connectivity index (χ2n) is 1.49. The Balaban J connectivity index is 3.29. The zero-order chi connectivity index (χ0) is 5.70. The van der Waals surface area contributed by atoms with Crippen LogP contribution in [0.3, 0.4) is 0 Å². The van der Waals surface area contributed by atoms with Crippen molar-refractivity contribution in [1.29, 1.82) is 0 Å². The van der Waals surface area contributed by atoms with Crippen molar-refractivity contribution in [3.8, 4) is 0 Å². The lowest BCUT2D eigenvalue weighted by atomic mass is 10.3. The predicted molar refractivity (Wildman–Crippen MR) is 34.4 cm³/mol. The molecule has 0 unspecified atom stereocenters. The van der Waals surface area contributed by atoms with Crippen LogP contribution < -0.4 is 0 Å². The Hall–Kier alpha value is -0.0431. The summed E-state index contributed by atoms with van der Waals surface area (Å²) in [4.78, 5) is 0. The second kappa shape index (κ2) is 4.12. The first-order valence-electron chi connectivity index (χ1n) is 2.71. The van der Waals surface area contributed by atoms with E-state index in [1.165, 1.54) is 5.20 Å². The molecule has 0 nitrogen and oxygen atoms in total. The molecule has 1 heteroatoms. The maximum absolute atomic E-state index is 3.44. The van der Waals surface area contributed by atoms with Crippen molar-refractivity contribution in [2.75, 3.05) is 0 Å². The molecule has 39 valence electrons. The lowest BCUT2D eigenvalue weighted by Gasteiger charge is -1.88. The molecule has 0 bridgehead atoms. The van der Waals surface area contributed by atoms with Crippen molar-refractivity contribution in [3.63, 3.8) is 0 Å². The summed E-state index contributed by atoms with van der Waals surface area (Å²) in [5.41, 5.74) is 0. The first kappa shape index (κ1) is 6.96. The SMILES string of the molecule is CC/C=C(\[Si])CC. The molecule has 0 N–H and O–H groups in total. The van der Waals surface area contributed by atoms with Crippen LogP contribution in [0.5, 0.6) is 0 Å². The summed E-state index contributed by atoms with van der Waals surface area (Å²) >= 11 is 0. The van der Waals surface area contributed by atoms with Gasteiger partial charge < -0.3 is 0 Å². The quantitative estimate of drug-likeness (QED) is 0.477. The topological polar surface area (TPSA) is 0 Å². The summed E-state index contributed by atoms with van der Waals surface area (Å²) in [6.07, 6.45) is 4.42. The molecule has 0 rings (SSSR count). The molecule has 0 saturated heterocycles. The van der Waals surface area contributed by atoms with Gasteiger partial charge in [-0.3, -0.25) is 0 Å². The minimum atomic E-state index is 1.12. The van der Waals surface area contributed by atoms with E-state index in [0.29, 0.717) is 0 Å². The molecule has 0 amide bonds. The van der Waals surface area contributed by atoms with Crippen molar-refractivity contribution in [1.82, 2.24) is 0 Å². The fourth-order valence-corrected chi connectivity index (χ4v) is 0.595. The maximum Gasteiger partial charge on any atom is 0.0645 e. The third-order valence-corrected chi connectivity index (χ3v) is 1.39. The molecule has 0 saturated carbocycles. The van der Waals surface area contributed by atoms with Gasteiger partial charge in [0.2, 0.25) is 0 Å². The highest BCUT2D eigenvalue weighted by atomic mass is 28.1. The van der Waals surface area contributed by atoms with E-state index >= 15 is 0 Å². The van der Waals surface area contributed by atoms with Crippen molar-refractivity contribution < 1.29 is 0 Å². The van der Waals surface area contributed by atoms with Crippen LogP contribution >= 0.6 is 0 Å². The van der Waals surface area contributed by atoms with Gasteiger partial charge in [0.25, 0.3) is 0 Å². The van der Waals surface area contributed by atoms with Crippen LogP contribution in [0, 0.1) is 0 Å². The van der Waals surface area contributed by atoms with Crippen LogP contribution in [0.15, 0.2) is 11.3 Å². The molecule has 0 atom stereocenters. The minimum Gasteiger partial charge on any atom is -0.0926 e. The Kier molecular flexibility index (Phi) is 4.10. The van der Waals surface area contributed by atoms with Gasteiger partial charge in [-0.25, -0.2) is 0 Å². The first-order valence-corrected chi connectivity index (χ1v) is 3.21. The molecule has 0 aromatic rings. The number of allylic oxidation sites excluding steroid dienone is 2. The van der Waals surface area contributed by atoms with Crippen LogP contribution in [-0.4, -0.2) is 10.2 Å². The Morgan fingerprint density at radius 3 is 2.29 bits per heavy atom. The van der Waals surface area contributed by atoms with Gasteiger partial charge in [-0.05, 0) is 12.8 Å². The average molecular weight is 111 g/mol. The van der Waals surface area contributed by atoms with E-state index in [1.807, 2.05) is 0 Å². The lowest BCUT2D eigenvalue weighted by Crippen LogP contribution is -1.74. The van der Waals surface area contributed by atoms with Gasteiger partial charge in [0.05, 0.1) is 10.2 Å². The predicted octanol–water partition coefficient (Wildman–Crippen LogP) is 1.86. The molecule has 3 radical (unpaired) electrons. The normalized spacial score (nSPS) is 12.1. The average Bonchev–Trinajstić information content (AvgIpc) is 1.68. The Bertz CT molecular complexity index is 64.6. The second-order valence-corrected chi connectivity index (χ2v) is 2.13. The van der Waals surface area contributed by atoms with Crippen molar-refractivity contribution >= 4 is 10.2 Å². The van der Waals surface area contributed by atoms with Crippen molar-refractivity contribution in [2.24, 2.45) is 0 Å². The summed E-state index contributed by atoms with van der Waals surface area (Å²) < 4.78 is 0. The highest BCUT2D eigenvalue weighted by Gasteiger charge is 1.77. The van der Waals surface area contributed by atoms with E-state index in [9.17, 15) is 0 Å². The Morgan fingerprint density at radius 2 is 2.14 bits per heavy atom. The highest BCUT2D eigenvalue weighted by molar-refractivity contribution is 6.21.